The van der Waals surface area contributed by atoms with Crippen LogP contribution in [0.2, 0.25) is 0 Å². The van der Waals surface area contributed by atoms with Gasteiger partial charge in [0, 0.05) is 49.9 Å². The highest BCUT2D eigenvalue weighted by molar-refractivity contribution is 5.94. The zero-order valence-electron chi connectivity index (χ0n) is 15.0. The second kappa shape index (κ2) is 8.75. The lowest BCUT2D eigenvalue weighted by molar-refractivity contribution is -0.116. The Morgan fingerprint density at radius 2 is 2.00 bits per heavy atom. The van der Waals surface area contributed by atoms with Crippen molar-refractivity contribution in [3.05, 3.63) is 65.5 Å². The first-order chi connectivity index (χ1) is 13.0. The van der Waals surface area contributed by atoms with E-state index >= 15 is 0 Å². The molecule has 1 heterocycles. The number of anilines is 1. The molecule has 0 radical (unpaired) electrons. The summed E-state index contributed by atoms with van der Waals surface area (Å²) < 4.78 is 13.6. The molecule has 0 bridgehead atoms. The predicted octanol–water partition coefficient (Wildman–Crippen LogP) is 1.90. The number of rotatable bonds is 6. The lowest BCUT2D eigenvalue weighted by Gasteiger charge is -2.36. The highest BCUT2D eigenvalue weighted by Crippen LogP contribution is 2.23. The minimum absolute atomic E-state index is 0.0390. The Morgan fingerprint density at radius 1 is 1.22 bits per heavy atom. The van der Waals surface area contributed by atoms with Crippen LogP contribution in [-0.4, -0.2) is 42.9 Å². The molecule has 27 heavy (non-hydrogen) atoms. The molecule has 1 aliphatic heterocycles. The molecule has 1 unspecified atom stereocenters. The molecule has 3 rings (SSSR count). The van der Waals surface area contributed by atoms with E-state index in [4.69, 9.17) is 5.73 Å². The lowest BCUT2D eigenvalue weighted by Crippen LogP contribution is -2.46. The summed E-state index contributed by atoms with van der Waals surface area (Å²) in [6, 6.07) is 13.1. The van der Waals surface area contributed by atoms with Gasteiger partial charge in [-0.25, -0.2) is 4.39 Å². The van der Waals surface area contributed by atoms with Gasteiger partial charge >= 0.3 is 0 Å². The quantitative estimate of drug-likeness (QED) is 0.725. The van der Waals surface area contributed by atoms with Crippen LogP contribution >= 0.6 is 0 Å². The summed E-state index contributed by atoms with van der Waals surface area (Å²) in [6.07, 6.45) is 0.323. The zero-order chi connectivity index (χ0) is 19.2. The van der Waals surface area contributed by atoms with Gasteiger partial charge < -0.3 is 16.4 Å². The average molecular weight is 370 g/mol. The predicted molar refractivity (Wildman–Crippen MR) is 102 cm³/mol. The van der Waals surface area contributed by atoms with Gasteiger partial charge in [-0.15, -0.1) is 0 Å². The SMILES string of the molecule is NC(=O)c1ccc(NC(=O)CCN2CCNCC2c2cccc(F)c2)cc1. The molecule has 7 heteroatoms. The molecule has 2 aromatic rings. The molecular formula is C20H23FN4O2. The van der Waals surface area contributed by atoms with Gasteiger partial charge in [-0.1, -0.05) is 12.1 Å². The van der Waals surface area contributed by atoms with Crippen molar-refractivity contribution in [1.29, 1.82) is 0 Å². The van der Waals surface area contributed by atoms with Gasteiger partial charge in [-0.05, 0) is 42.0 Å². The third kappa shape index (κ3) is 5.12. The highest BCUT2D eigenvalue weighted by Gasteiger charge is 2.24. The van der Waals surface area contributed by atoms with Gasteiger partial charge in [0.25, 0.3) is 0 Å². The fourth-order valence-corrected chi connectivity index (χ4v) is 3.24. The number of hydrogen-bond donors (Lipinski definition) is 3. The van der Waals surface area contributed by atoms with Gasteiger partial charge in [0.15, 0.2) is 0 Å². The Bertz CT molecular complexity index is 810. The highest BCUT2D eigenvalue weighted by atomic mass is 19.1. The van der Waals surface area contributed by atoms with E-state index in [1.807, 2.05) is 6.07 Å². The summed E-state index contributed by atoms with van der Waals surface area (Å²) in [5.41, 5.74) is 7.13. The van der Waals surface area contributed by atoms with Crippen LogP contribution in [-0.2, 0) is 4.79 Å². The Hall–Kier alpha value is -2.77. The van der Waals surface area contributed by atoms with E-state index in [2.05, 4.69) is 15.5 Å². The van der Waals surface area contributed by atoms with Gasteiger partial charge in [0.05, 0.1) is 0 Å². The summed E-state index contributed by atoms with van der Waals surface area (Å²) in [4.78, 5) is 25.5. The van der Waals surface area contributed by atoms with Crippen molar-refractivity contribution in [3.63, 3.8) is 0 Å². The molecule has 0 aromatic heterocycles. The maximum atomic E-state index is 13.6. The summed E-state index contributed by atoms with van der Waals surface area (Å²) in [5.74, 6) is -0.872. The number of nitrogens with zero attached hydrogens (tertiary/aromatic N) is 1. The number of carbonyl (C=O) groups excluding carboxylic acids is 2. The normalized spacial score (nSPS) is 17.4. The van der Waals surface area contributed by atoms with Crippen LogP contribution in [0.1, 0.15) is 28.4 Å². The Balaban J connectivity index is 1.57. The Morgan fingerprint density at radius 3 is 2.70 bits per heavy atom. The van der Waals surface area contributed by atoms with Gasteiger partial charge in [0.1, 0.15) is 5.82 Å². The lowest BCUT2D eigenvalue weighted by atomic mass is 10.0. The molecule has 0 saturated carbocycles. The van der Waals surface area contributed by atoms with Gasteiger partial charge in [-0.3, -0.25) is 14.5 Å². The van der Waals surface area contributed by atoms with E-state index in [-0.39, 0.29) is 17.8 Å². The number of piperazine rings is 1. The number of nitrogens with two attached hydrogens (primary N) is 1. The molecular weight excluding hydrogens is 347 g/mol. The van der Waals surface area contributed by atoms with E-state index in [0.717, 1.165) is 25.2 Å². The number of carbonyl (C=O) groups is 2. The molecule has 142 valence electrons. The summed E-state index contributed by atoms with van der Waals surface area (Å²) in [6.45, 7) is 2.93. The maximum absolute atomic E-state index is 13.6. The van der Waals surface area contributed by atoms with Crippen molar-refractivity contribution in [2.75, 3.05) is 31.5 Å². The number of benzene rings is 2. The molecule has 0 aliphatic carbocycles. The van der Waals surface area contributed by atoms with Crippen molar-refractivity contribution >= 4 is 17.5 Å². The zero-order valence-corrected chi connectivity index (χ0v) is 15.0. The van der Waals surface area contributed by atoms with Crippen LogP contribution in [0.25, 0.3) is 0 Å². The molecule has 1 atom stereocenters. The number of halogens is 1. The average Bonchev–Trinajstić information content (AvgIpc) is 2.67. The van der Waals surface area contributed by atoms with Crippen LogP contribution in [0.3, 0.4) is 0 Å². The fourth-order valence-electron chi connectivity index (χ4n) is 3.24. The fraction of sp³-hybridized carbons (Fsp3) is 0.300. The van der Waals surface area contributed by atoms with Crippen molar-refractivity contribution < 1.29 is 14.0 Å². The maximum Gasteiger partial charge on any atom is 0.248 e. The monoisotopic (exact) mass is 370 g/mol. The van der Waals surface area contributed by atoms with E-state index in [0.29, 0.717) is 24.2 Å². The molecule has 4 N–H and O–H groups in total. The molecule has 2 aromatic carbocycles. The second-order valence-corrected chi connectivity index (χ2v) is 6.55. The second-order valence-electron chi connectivity index (χ2n) is 6.55. The first-order valence-electron chi connectivity index (χ1n) is 8.93. The van der Waals surface area contributed by atoms with E-state index in [1.165, 1.54) is 6.07 Å². The van der Waals surface area contributed by atoms with Crippen molar-refractivity contribution in [2.24, 2.45) is 5.73 Å². The molecule has 0 spiro atoms. The molecule has 2 amide bonds. The molecule has 1 saturated heterocycles. The largest absolute Gasteiger partial charge is 0.366 e. The van der Waals surface area contributed by atoms with Crippen LogP contribution in [0.4, 0.5) is 10.1 Å². The van der Waals surface area contributed by atoms with E-state index < -0.39 is 5.91 Å². The third-order valence-corrected chi connectivity index (χ3v) is 4.67. The summed E-state index contributed by atoms with van der Waals surface area (Å²) in [5, 5.41) is 6.14. The smallest absolute Gasteiger partial charge is 0.248 e. The molecule has 1 aliphatic rings. The molecule has 6 nitrogen and oxygen atoms in total. The van der Waals surface area contributed by atoms with Crippen molar-refractivity contribution in [1.82, 2.24) is 10.2 Å². The Labute approximate surface area is 157 Å². The van der Waals surface area contributed by atoms with Crippen LogP contribution < -0.4 is 16.4 Å². The topological polar surface area (TPSA) is 87.5 Å². The van der Waals surface area contributed by atoms with E-state index in [1.54, 1.807) is 36.4 Å². The number of nitrogens with one attached hydrogen (secondary N) is 2. The summed E-state index contributed by atoms with van der Waals surface area (Å²) >= 11 is 0. The number of amides is 2. The van der Waals surface area contributed by atoms with Gasteiger partial charge in [-0.2, -0.15) is 0 Å². The first kappa shape index (κ1) is 19.0. The number of hydrogen-bond acceptors (Lipinski definition) is 4. The standard InChI is InChI=1S/C20H23FN4O2/c21-16-3-1-2-15(12-16)18-13-23-9-11-25(18)10-8-19(26)24-17-6-4-14(5-7-17)20(22)27/h1-7,12,18,23H,8-11,13H2,(H2,22,27)(H,24,26). The van der Waals surface area contributed by atoms with Crippen LogP contribution in [0.5, 0.6) is 0 Å². The minimum Gasteiger partial charge on any atom is -0.366 e. The minimum atomic E-state index is -0.505. The van der Waals surface area contributed by atoms with Crippen LogP contribution in [0.15, 0.2) is 48.5 Å². The van der Waals surface area contributed by atoms with Crippen molar-refractivity contribution in [2.45, 2.75) is 12.5 Å². The van der Waals surface area contributed by atoms with E-state index in [9.17, 15) is 14.0 Å². The van der Waals surface area contributed by atoms with Crippen molar-refractivity contribution in [3.8, 4) is 0 Å². The third-order valence-electron chi connectivity index (χ3n) is 4.67. The molecule has 1 fully saturated rings. The summed E-state index contributed by atoms with van der Waals surface area (Å²) in [7, 11) is 0. The Kier molecular flexibility index (Phi) is 6.16. The van der Waals surface area contributed by atoms with Crippen LogP contribution in [0, 0.1) is 5.82 Å². The number of primary amides is 1. The van der Waals surface area contributed by atoms with Gasteiger partial charge in [0.2, 0.25) is 11.8 Å². The first-order valence-corrected chi connectivity index (χ1v) is 8.93.